The standard InChI is InChI=1S/C11H14N4OS/c1-8(16)14-10-5-3-9(4-6-10)7-13-15-11(17)12-2/h3-7H,1-2H3,(H,14,16)(H2,12,15,17)/b13-7-. The number of anilines is 1. The van der Waals surface area contributed by atoms with E-state index >= 15 is 0 Å². The van der Waals surface area contributed by atoms with Gasteiger partial charge in [0.15, 0.2) is 5.11 Å². The minimum absolute atomic E-state index is 0.0903. The molecule has 0 bridgehead atoms. The molecule has 17 heavy (non-hydrogen) atoms. The molecule has 0 unspecified atom stereocenters. The average Bonchev–Trinajstić information content (AvgIpc) is 2.30. The Balaban J connectivity index is 2.56. The van der Waals surface area contributed by atoms with E-state index in [-0.39, 0.29) is 5.91 Å². The molecule has 0 aromatic heterocycles. The summed E-state index contributed by atoms with van der Waals surface area (Å²) in [5, 5.41) is 9.82. The zero-order valence-corrected chi connectivity index (χ0v) is 10.5. The molecule has 0 heterocycles. The minimum Gasteiger partial charge on any atom is -0.364 e. The number of hydrazone groups is 1. The summed E-state index contributed by atoms with van der Waals surface area (Å²) in [4.78, 5) is 10.8. The Morgan fingerprint density at radius 2 is 2.00 bits per heavy atom. The van der Waals surface area contributed by atoms with Crippen LogP contribution in [0.3, 0.4) is 0 Å². The third-order valence-corrected chi connectivity index (χ3v) is 2.13. The van der Waals surface area contributed by atoms with Crippen LogP contribution in [-0.4, -0.2) is 24.3 Å². The lowest BCUT2D eigenvalue weighted by atomic mass is 10.2. The van der Waals surface area contributed by atoms with Gasteiger partial charge in [0.25, 0.3) is 0 Å². The van der Waals surface area contributed by atoms with Crippen molar-refractivity contribution >= 4 is 35.1 Å². The van der Waals surface area contributed by atoms with Gasteiger partial charge in [-0.25, -0.2) is 0 Å². The van der Waals surface area contributed by atoms with Crippen molar-refractivity contribution in [1.29, 1.82) is 0 Å². The van der Waals surface area contributed by atoms with Crippen LogP contribution in [0.15, 0.2) is 29.4 Å². The first kappa shape index (κ1) is 13.1. The Morgan fingerprint density at radius 3 is 2.53 bits per heavy atom. The van der Waals surface area contributed by atoms with Gasteiger partial charge in [-0.1, -0.05) is 12.1 Å². The van der Waals surface area contributed by atoms with E-state index in [9.17, 15) is 4.79 Å². The summed E-state index contributed by atoms with van der Waals surface area (Å²) in [6, 6.07) is 7.30. The first-order valence-electron chi connectivity index (χ1n) is 5.00. The third-order valence-electron chi connectivity index (χ3n) is 1.84. The molecule has 0 aliphatic rings. The summed E-state index contributed by atoms with van der Waals surface area (Å²) in [7, 11) is 1.72. The summed E-state index contributed by atoms with van der Waals surface area (Å²) < 4.78 is 0. The van der Waals surface area contributed by atoms with Crippen LogP contribution in [0.4, 0.5) is 5.69 Å². The average molecular weight is 250 g/mol. The number of nitrogens with zero attached hydrogens (tertiary/aromatic N) is 1. The number of carbonyl (C=O) groups is 1. The number of carbonyl (C=O) groups excluding carboxylic acids is 1. The smallest absolute Gasteiger partial charge is 0.221 e. The van der Waals surface area contributed by atoms with E-state index in [0.717, 1.165) is 11.3 Å². The van der Waals surface area contributed by atoms with Gasteiger partial charge in [-0.2, -0.15) is 5.10 Å². The van der Waals surface area contributed by atoms with Crippen LogP contribution < -0.4 is 16.1 Å². The Labute approximate surface area is 105 Å². The molecule has 0 saturated carbocycles. The second-order valence-electron chi connectivity index (χ2n) is 3.25. The molecule has 0 aliphatic heterocycles. The van der Waals surface area contributed by atoms with Gasteiger partial charge in [-0.3, -0.25) is 10.2 Å². The number of thiocarbonyl (C=S) groups is 1. The van der Waals surface area contributed by atoms with Crippen molar-refractivity contribution in [1.82, 2.24) is 10.7 Å². The highest BCUT2D eigenvalue weighted by Gasteiger charge is 1.94. The molecule has 0 atom stereocenters. The van der Waals surface area contributed by atoms with E-state index in [1.165, 1.54) is 6.92 Å². The topological polar surface area (TPSA) is 65.5 Å². The van der Waals surface area contributed by atoms with E-state index in [2.05, 4.69) is 21.2 Å². The maximum atomic E-state index is 10.8. The summed E-state index contributed by atoms with van der Waals surface area (Å²) in [6.07, 6.45) is 1.64. The molecule has 6 heteroatoms. The quantitative estimate of drug-likeness (QED) is 0.426. The Bertz CT molecular complexity index is 428. The van der Waals surface area contributed by atoms with E-state index in [4.69, 9.17) is 12.2 Å². The van der Waals surface area contributed by atoms with Crippen molar-refractivity contribution in [3.05, 3.63) is 29.8 Å². The fourth-order valence-corrected chi connectivity index (χ4v) is 1.13. The molecule has 5 nitrogen and oxygen atoms in total. The largest absolute Gasteiger partial charge is 0.364 e. The second kappa shape index (κ2) is 6.59. The molecule has 0 radical (unpaired) electrons. The molecule has 90 valence electrons. The van der Waals surface area contributed by atoms with Gasteiger partial charge in [0.1, 0.15) is 0 Å². The molecule has 3 N–H and O–H groups in total. The highest BCUT2D eigenvalue weighted by atomic mass is 32.1. The molecule has 0 saturated heterocycles. The van der Waals surface area contributed by atoms with Crippen molar-refractivity contribution < 1.29 is 4.79 Å². The van der Waals surface area contributed by atoms with E-state index < -0.39 is 0 Å². The number of hydrogen-bond acceptors (Lipinski definition) is 3. The number of nitrogens with one attached hydrogen (secondary N) is 3. The first-order chi connectivity index (χ1) is 8.11. The zero-order chi connectivity index (χ0) is 12.7. The predicted molar refractivity (Wildman–Crippen MR) is 73.1 cm³/mol. The van der Waals surface area contributed by atoms with Gasteiger partial charge in [-0.15, -0.1) is 0 Å². The molecule has 1 aromatic carbocycles. The highest BCUT2D eigenvalue weighted by Crippen LogP contribution is 2.07. The molecule has 0 aliphatic carbocycles. The third kappa shape index (κ3) is 5.07. The van der Waals surface area contributed by atoms with Gasteiger partial charge in [0.05, 0.1) is 6.21 Å². The first-order valence-corrected chi connectivity index (χ1v) is 5.41. The maximum Gasteiger partial charge on any atom is 0.221 e. The van der Waals surface area contributed by atoms with Gasteiger partial charge < -0.3 is 10.6 Å². The van der Waals surface area contributed by atoms with Crippen molar-refractivity contribution in [2.24, 2.45) is 5.10 Å². The van der Waals surface area contributed by atoms with Crippen LogP contribution in [0.25, 0.3) is 0 Å². The molecule has 1 amide bonds. The van der Waals surface area contributed by atoms with Gasteiger partial charge in [0, 0.05) is 19.7 Å². The van der Waals surface area contributed by atoms with Crippen LogP contribution in [0, 0.1) is 0 Å². The fraction of sp³-hybridized carbons (Fsp3) is 0.182. The summed E-state index contributed by atoms with van der Waals surface area (Å²) >= 11 is 4.86. The number of benzene rings is 1. The van der Waals surface area contributed by atoms with Crippen LogP contribution >= 0.6 is 12.2 Å². The van der Waals surface area contributed by atoms with Crippen molar-refractivity contribution in [2.45, 2.75) is 6.92 Å². The van der Waals surface area contributed by atoms with Crippen molar-refractivity contribution in [3.63, 3.8) is 0 Å². The lowest BCUT2D eigenvalue weighted by molar-refractivity contribution is -0.114. The molecule has 1 rings (SSSR count). The Kier molecular flexibility index (Phi) is 5.09. The molecule has 0 fully saturated rings. The van der Waals surface area contributed by atoms with E-state index in [0.29, 0.717) is 5.11 Å². The normalized spacial score (nSPS) is 10.0. The zero-order valence-electron chi connectivity index (χ0n) is 9.65. The van der Waals surface area contributed by atoms with Crippen LogP contribution in [0.2, 0.25) is 0 Å². The molecular weight excluding hydrogens is 236 g/mol. The fourth-order valence-electron chi connectivity index (χ4n) is 1.08. The van der Waals surface area contributed by atoms with E-state index in [1.807, 2.05) is 12.1 Å². The number of hydrogen-bond donors (Lipinski definition) is 3. The lowest BCUT2D eigenvalue weighted by Crippen LogP contribution is -2.28. The van der Waals surface area contributed by atoms with Crippen molar-refractivity contribution in [3.8, 4) is 0 Å². The van der Waals surface area contributed by atoms with E-state index in [1.54, 1.807) is 25.4 Å². The van der Waals surface area contributed by atoms with Crippen LogP contribution in [0.5, 0.6) is 0 Å². The Morgan fingerprint density at radius 1 is 1.35 bits per heavy atom. The SMILES string of the molecule is CNC(=S)N/N=C\c1ccc(NC(C)=O)cc1. The Hall–Kier alpha value is -1.95. The minimum atomic E-state index is -0.0903. The molecule has 0 spiro atoms. The van der Waals surface area contributed by atoms with Crippen LogP contribution in [-0.2, 0) is 4.79 Å². The summed E-state index contributed by atoms with van der Waals surface area (Å²) in [6.45, 7) is 1.47. The van der Waals surface area contributed by atoms with Gasteiger partial charge in [0.2, 0.25) is 5.91 Å². The molecule has 1 aromatic rings. The number of amides is 1. The lowest BCUT2D eigenvalue weighted by Gasteiger charge is -2.02. The molecular formula is C11H14N4OS. The van der Waals surface area contributed by atoms with Gasteiger partial charge >= 0.3 is 0 Å². The van der Waals surface area contributed by atoms with Crippen LogP contribution in [0.1, 0.15) is 12.5 Å². The predicted octanol–water partition coefficient (Wildman–Crippen LogP) is 1.07. The monoisotopic (exact) mass is 250 g/mol. The summed E-state index contributed by atoms with van der Waals surface area (Å²) in [5.41, 5.74) is 4.31. The van der Waals surface area contributed by atoms with Gasteiger partial charge in [-0.05, 0) is 29.9 Å². The van der Waals surface area contributed by atoms with Crippen molar-refractivity contribution in [2.75, 3.05) is 12.4 Å². The number of rotatable bonds is 3. The summed E-state index contributed by atoms with van der Waals surface area (Å²) in [5.74, 6) is -0.0903. The second-order valence-corrected chi connectivity index (χ2v) is 3.66. The maximum absolute atomic E-state index is 10.8. The highest BCUT2D eigenvalue weighted by molar-refractivity contribution is 7.80.